The molecule has 0 saturated carbocycles. The van der Waals surface area contributed by atoms with Gasteiger partial charge in [0.05, 0.1) is 15.3 Å². The maximum atomic E-state index is 14.1. The van der Waals surface area contributed by atoms with Crippen molar-refractivity contribution in [3.8, 4) is 0 Å². The molecule has 0 fully saturated rings. The fourth-order valence-electron chi connectivity index (χ4n) is 3.23. The monoisotopic (exact) mass is 481 g/mol. The summed E-state index contributed by atoms with van der Waals surface area (Å²) in [6, 6.07) is 10.0. The Hall–Kier alpha value is -2.43. The number of sulfone groups is 1. The summed E-state index contributed by atoms with van der Waals surface area (Å²) in [5.41, 5.74) is 0.0171. The molecule has 0 aliphatic rings. The van der Waals surface area contributed by atoms with E-state index in [0.29, 0.717) is 17.7 Å². The molecule has 0 aliphatic heterocycles. The number of carbonyl (C=O) groups is 1. The van der Waals surface area contributed by atoms with Crippen molar-refractivity contribution in [2.24, 2.45) is 0 Å². The first-order valence-corrected chi connectivity index (χ1v) is 12.6. The van der Waals surface area contributed by atoms with Crippen LogP contribution in [0.3, 0.4) is 0 Å². The number of nitrogens with zero attached hydrogens (tertiary/aromatic N) is 3. The van der Waals surface area contributed by atoms with Gasteiger partial charge in [-0.15, -0.1) is 0 Å². The number of aromatic nitrogens is 1. The van der Waals surface area contributed by atoms with E-state index in [9.17, 15) is 22.0 Å². The zero-order valence-corrected chi connectivity index (χ0v) is 19.6. The van der Waals surface area contributed by atoms with Gasteiger partial charge in [-0.3, -0.25) is 9.69 Å². The van der Waals surface area contributed by atoms with Crippen LogP contribution in [0, 0.1) is 11.6 Å². The van der Waals surface area contributed by atoms with Crippen molar-refractivity contribution in [3.05, 3.63) is 54.1 Å². The maximum absolute atomic E-state index is 14.1. The molecule has 172 valence electrons. The first kappa shape index (κ1) is 24.2. The summed E-state index contributed by atoms with van der Waals surface area (Å²) in [5, 5.41) is 0.277. The second kappa shape index (κ2) is 10.5. The number of anilines is 1. The zero-order chi connectivity index (χ0) is 23.3. The van der Waals surface area contributed by atoms with Crippen molar-refractivity contribution < 1.29 is 22.0 Å². The SMILES string of the molecule is CN(C)CCCN(C(=O)CCCS(=O)(=O)c1ccccc1)c1nc2c(F)cc(F)cc2s1. The van der Waals surface area contributed by atoms with Crippen LogP contribution in [-0.2, 0) is 14.6 Å². The van der Waals surface area contributed by atoms with E-state index in [1.165, 1.54) is 23.1 Å². The van der Waals surface area contributed by atoms with E-state index >= 15 is 0 Å². The van der Waals surface area contributed by atoms with Gasteiger partial charge in [-0.05, 0) is 51.7 Å². The van der Waals surface area contributed by atoms with Gasteiger partial charge in [-0.2, -0.15) is 0 Å². The van der Waals surface area contributed by atoms with Gasteiger partial charge in [0, 0.05) is 19.0 Å². The fourth-order valence-corrected chi connectivity index (χ4v) is 5.61. The number of thiazole rings is 1. The minimum absolute atomic E-state index is 0.000790. The Morgan fingerprint density at radius 1 is 1.06 bits per heavy atom. The Morgan fingerprint density at radius 2 is 1.78 bits per heavy atom. The van der Waals surface area contributed by atoms with Crippen molar-refractivity contribution in [1.82, 2.24) is 9.88 Å². The molecule has 0 N–H and O–H groups in total. The summed E-state index contributed by atoms with van der Waals surface area (Å²) in [4.78, 5) is 20.9. The standard InChI is InChI=1S/C22H25F2N3O3S2/c1-26(2)11-7-12-27(22-25-21-18(24)14-16(23)15-19(21)31-22)20(28)10-6-13-32(29,30)17-8-4-3-5-9-17/h3-5,8-9,14-15H,6-7,10-13H2,1-2H3. The van der Waals surface area contributed by atoms with E-state index in [4.69, 9.17) is 0 Å². The summed E-state index contributed by atoms with van der Waals surface area (Å²) in [5.74, 6) is -1.94. The third-order valence-electron chi connectivity index (χ3n) is 4.83. The summed E-state index contributed by atoms with van der Waals surface area (Å²) < 4.78 is 52.9. The van der Waals surface area contributed by atoms with Crippen LogP contribution in [0.5, 0.6) is 0 Å². The molecule has 32 heavy (non-hydrogen) atoms. The molecular weight excluding hydrogens is 456 g/mol. The van der Waals surface area contributed by atoms with Crippen LogP contribution in [0.1, 0.15) is 19.3 Å². The lowest BCUT2D eigenvalue weighted by molar-refractivity contribution is -0.118. The molecule has 6 nitrogen and oxygen atoms in total. The molecule has 0 saturated heterocycles. The van der Waals surface area contributed by atoms with E-state index in [0.717, 1.165) is 23.9 Å². The highest BCUT2D eigenvalue weighted by atomic mass is 32.2. The summed E-state index contributed by atoms with van der Waals surface area (Å²) >= 11 is 1.04. The Kier molecular flexibility index (Phi) is 7.91. The zero-order valence-electron chi connectivity index (χ0n) is 17.9. The van der Waals surface area contributed by atoms with Crippen molar-refractivity contribution in [3.63, 3.8) is 0 Å². The molecule has 1 heterocycles. The topological polar surface area (TPSA) is 70.6 Å². The lowest BCUT2D eigenvalue weighted by atomic mass is 10.3. The predicted octanol–water partition coefficient (Wildman–Crippen LogP) is 4.11. The average molecular weight is 482 g/mol. The van der Waals surface area contributed by atoms with Gasteiger partial charge in [0.25, 0.3) is 0 Å². The summed E-state index contributed by atoms with van der Waals surface area (Å²) in [6.45, 7) is 1.06. The fraction of sp³-hybridized carbons (Fsp3) is 0.364. The normalized spacial score (nSPS) is 11.9. The average Bonchev–Trinajstić information content (AvgIpc) is 3.15. The molecule has 0 unspecified atom stereocenters. The molecule has 10 heteroatoms. The van der Waals surface area contributed by atoms with Crippen molar-refractivity contribution in [2.45, 2.75) is 24.2 Å². The van der Waals surface area contributed by atoms with Gasteiger partial charge in [0.15, 0.2) is 20.8 Å². The molecule has 0 radical (unpaired) electrons. The largest absolute Gasteiger partial charge is 0.309 e. The van der Waals surface area contributed by atoms with Crippen LogP contribution in [0.4, 0.5) is 13.9 Å². The van der Waals surface area contributed by atoms with Gasteiger partial charge in [0.1, 0.15) is 11.3 Å². The first-order valence-electron chi connectivity index (χ1n) is 10.2. The van der Waals surface area contributed by atoms with Gasteiger partial charge in [-0.1, -0.05) is 29.5 Å². The number of rotatable bonds is 10. The van der Waals surface area contributed by atoms with Crippen LogP contribution < -0.4 is 4.90 Å². The van der Waals surface area contributed by atoms with Crippen LogP contribution in [0.15, 0.2) is 47.4 Å². The second-order valence-electron chi connectivity index (χ2n) is 7.67. The van der Waals surface area contributed by atoms with Gasteiger partial charge in [-0.25, -0.2) is 22.2 Å². The Balaban J connectivity index is 1.75. The predicted molar refractivity (Wildman–Crippen MR) is 123 cm³/mol. The smallest absolute Gasteiger partial charge is 0.228 e. The molecule has 0 aliphatic carbocycles. The van der Waals surface area contributed by atoms with E-state index in [2.05, 4.69) is 4.98 Å². The molecule has 3 aromatic rings. The molecule has 1 aromatic heterocycles. The van der Waals surface area contributed by atoms with E-state index in [1.54, 1.807) is 18.2 Å². The Labute approximate surface area is 190 Å². The molecule has 1 amide bonds. The minimum atomic E-state index is -3.49. The van der Waals surface area contributed by atoms with Gasteiger partial charge in [0.2, 0.25) is 5.91 Å². The van der Waals surface area contributed by atoms with Gasteiger partial charge >= 0.3 is 0 Å². The van der Waals surface area contributed by atoms with Crippen LogP contribution >= 0.6 is 11.3 Å². The number of halogens is 2. The number of hydrogen-bond donors (Lipinski definition) is 0. The number of benzene rings is 2. The third-order valence-corrected chi connectivity index (χ3v) is 7.67. The molecule has 0 spiro atoms. The van der Waals surface area contributed by atoms with Crippen LogP contribution in [0.2, 0.25) is 0 Å². The molecular formula is C22H25F2N3O3S2. The summed E-state index contributed by atoms with van der Waals surface area (Å²) in [7, 11) is 0.339. The van der Waals surface area contributed by atoms with Crippen molar-refractivity contribution in [2.75, 3.05) is 37.8 Å². The Morgan fingerprint density at radius 3 is 2.47 bits per heavy atom. The number of fused-ring (bicyclic) bond motifs is 1. The van der Waals surface area contributed by atoms with Crippen molar-refractivity contribution in [1.29, 1.82) is 0 Å². The molecule has 0 bridgehead atoms. The highest BCUT2D eigenvalue weighted by molar-refractivity contribution is 7.91. The number of carbonyl (C=O) groups excluding carboxylic acids is 1. The highest BCUT2D eigenvalue weighted by Crippen LogP contribution is 2.31. The summed E-state index contributed by atoms with van der Waals surface area (Å²) in [6.07, 6.45) is 0.794. The lowest BCUT2D eigenvalue weighted by Gasteiger charge is -2.21. The van der Waals surface area contributed by atoms with Gasteiger partial charge < -0.3 is 4.90 Å². The number of amides is 1. The minimum Gasteiger partial charge on any atom is -0.309 e. The Bertz CT molecular complexity index is 1180. The van der Waals surface area contributed by atoms with E-state index in [-0.39, 0.29) is 40.0 Å². The molecule has 3 rings (SSSR count). The van der Waals surface area contributed by atoms with Crippen LogP contribution in [-0.4, -0.2) is 57.1 Å². The lowest BCUT2D eigenvalue weighted by Crippen LogP contribution is -2.33. The van der Waals surface area contributed by atoms with E-state index in [1.807, 2.05) is 19.0 Å². The molecule has 0 atom stereocenters. The van der Waals surface area contributed by atoms with Crippen molar-refractivity contribution >= 4 is 42.4 Å². The van der Waals surface area contributed by atoms with E-state index < -0.39 is 21.5 Å². The quantitative estimate of drug-likeness (QED) is 0.436. The molecule has 2 aromatic carbocycles. The highest BCUT2D eigenvalue weighted by Gasteiger charge is 2.22. The number of hydrogen-bond acceptors (Lipinski definition) is 6. The first-order chi connectivity index (χ1) is 15.2. The maximum Gasteiger partial charge on any atom is 0.228 e. The second-order valence-corrected chi connectivity index (χ2v) is 10.8. The third kappa shape index (κ3) is 6.08. The van der Waals surface area contributed by atoms with Crippen LogP contribution in [0.25, 0.3) is 10.2 Å².